The van der Waals surface area contributed by atoms with Crippen LogP contribution in [0.1, 0.15) is 0 Å². The fraction of sp³-hybridized carbons (Fsp3) is 0.143. The fourth-order valence-electron chi connectivity index (χ4n) is 0.877. The van der Waals surface area contributed by atoms with Crippen molar-refractivity contribution in [2.75, 3.05) is 9.81 Å². The molecule has 0 aliphatic carbocycles. The highest BCUT2D eigenvalue weighted by Crippen LogP contribution is 2.35. The largest absolute Gasteiger partial charge is 0.328 e. The lowest BCUT2D eigenvalue weighted by Crippen LogP contribution is -1.94. The van der Waals surface area contributed by atoms with Gasteiger partial charge in [-0.3, -0.25) is 0 Å². The van der Waals surface area contributed by atoms with Crippen LogP contribution >= 0.6 is 23.7 Å². The summed E-state index contributed by atoms with van der Waals surface area (Å²) >= 11 is 3.64. The summed E-state index contributed by atoms with van der Waals surface area (Å²) in [7, 11) is 0. The van der Waals surface area contributed by atoms with Gasteiger partial charge in [0, 0.05) is 4.90 Å². The molecule has 0 saturated heterocycles. The molecule has 0 bridgehead atoms. The zero-order valence-corrected chi connectivity index (χ0v) is 6.97. The first-order valence-corrected chi connectivity index (χ1v) is 5.03. The lowest BCUT2D eigenvalue weighted by molar-refractivity contribution is 1.45. The summed E-state index contributed by atoms with van der Waals surface area (Å²) in [4.78, 5) is 1.36. The lowest BCUT2D eigenvalue weighted by Gasteiger charge is -2.14. The van der Waals surface area contributed by atoms with E-state index in [2.05, 4.69) is 29.0 Å². The summed E-state index contributed by atoms with van der Waals surface area (Å²) in [5, 5.41) is 1.11. The molecule has 1 nitrogen and oxygen atoms in total. The minimum absolute atomic E-state index is 1.11. The first kappa shape index (κ1) is 6.43. The monoisotopic (exact) mass is 169 g/mol. The van der Waals surface area contributed by atoms with Crippen molar-refractivity contribution in [1.82, 2.24) is 0 Å². The minimum Gasteiger partial charge on any atom is -0.328 e. The van der Waals surface area contributed by atoms with Gasteiger partial charge >= 0.3 is 0 Å². The van der Waals surface area contributed by atoms with E-state index >= 15 is 0 Å². The Morgan fingerprint density at radius 2 is 2.20 bits per heavy atom. The normalized spacial score (nSPS) is 15.6. The van der Waals surface area contributed by atoms with Gasteiger partial charge in [0.2, 0.25) is 0 Å². The number of para-hydroxylation sites is 1. The number of nitrogens with one attached hydrogen (secondary N) is 1. The number of hydrogen-bond donors (Lipinski definition) is 1. The Labute approximate surface area is 68.7 Å². The topological polar surface area (TPSA) is 12.0 Å². The third-order valence-electron chi connectivity index (χ3n) is 1.34. The van der Waals surface area contributed by atoms with E-state index in [1.165, 1.54) is 10.6 Å². The molecule has 0 aromatic heterocycles. The van der Waals surface area contributed by atoms with E-state index in [9.17, 15) is 0 Å². The van der Waals surface area contributed by atoms with Gasteiger partial charge in [-0.25, -0.2) is 0 Å². The van der Waals surface area contributed by atoms with Crippen LogP contribution in [-0.4, -0.2) is 5.08 Å². The van der Waals surface area contributed by atoms with Crippen LogP contribution in [0.5, 0.6) is 0 Å². The molecule has 1 heterocycles. The second kappa shape index (κ2) is 2.76. The zero-order valence-electron chi connectivity index (χ0n) is 5.33. The number of anilines is 1. The Kier molecular flexibility index (Phi) is 1.78. The number of fused-ring (bicyclic) bond motifs is 1. The van der Waals surface area contributed by atoms with Crippen LogP contribution in [0.2, 0.25) is 0 Å². The van der Waals surface area contributed by atoms with Crippen LogP contribution in [0, 0.1) is 0 Å². The van der Waals surface area contributed by atoms with Gasteiger partial charge in [0.15, 0.2) is 0 Å². The van der Waals surface area contributed by atoms with E-state index in [4.69, 9.17) is 0 Å². The predicted octanol–water partition coefficient (Wildman–Crippen LogP) is 2.81. The highest BCUT2D eigenvalue weighted by molar-refractivity contribution is 8.17. The number of rotatable bonds is 0. The van der Waals surface area contributed by atoms with E-state index in [0.29, 0.717) is 0 Å². The first-order valence-electron chi connectivity index (χ1n) is 3.06. The molecule has 0 spiro atoms. The molecule has 0 radical (unpaired) electrons. The Bertz CT molecular complexity index is 212. The summed E-state index contributed by atoms with van der Waals surface area (Å²) < 4.78 is 3.26. The van der Waals surface area contributed by atoms with Crippen molar-refractivity contribution in [2.45, 2.75) is 4.90 Å². The van der Waals surface area contributed by atoms with Gasteiger partial charge in [-0.2, -0.15) is 0 Å². The third kappa shape index (κ3) is 1.11. The molecule has 1 N–H and O–H groups in total. The molecular weight excluding hydrogens is 162 g/mol. The maximum absolute atomic E-state index is 3.26. The van der Waals surface area contributed by atoms with Crippen LogP contribution < -0.4 is 4.72 Å². The van der Waals surface area contributed by atoms with Crippen molar-refractivity contribution >= 4 is 29.4 Å². The third-order valence-corrected chi connectivity index (χ3v) is 3.32. The van der Waals surface area contributed by atoms with Gasteiger partial charge in [-0.1, -0.05) is 12.1 Å². The van der Waals surface area contributed by atoms with Gasteiger partial charge in [0.05, 0.1) is 10.8 Å². The van der Waals surface area contributed by atoms with E-state index < -0.39 is 0 Å². The second-order valence-corrected chi connectivity index (χ2v) is 4.17. The number of thioether (sulfide) groups is 1. The molecular formula is C7H7NS2. The fourth-order valence-corrected chi connectivity index (χ4v) is 2.70. The Hall–Kier alpha value is -0.280. The summed E-state index contributed by atoms with van der Waals surface area (Å²) in [5.41, 5.74) is 1.25. The Morgan fingerprint density at radius 1 is 1.30 bits per heavy atom. The van der Waals surface area contributed by atoms with Crippen molar-refractivity contribution < 1.29 is 0 Å². The SMILES string of the molecule is c1ccc2c(c1)NSCS2. The average Bonchev–Trinajstić information content (AvgIpc) is 2.05. The molecule has 0 fully saturated rings. The number of benzene rings is 1. The molecule has 2 rings (SSSR count). The summed E-state index contributed by atoms with van der Waals surface area (Å²) in [6.07, 6.45) is 0. The van der Waals surface area contributed by atoms with Gasteiger partial charge in [-0.15, -0.1) is 11.8 Å². The van der Waals surface area contributed by atoms with Crippen LogP contribution in [0.3, 0.4) is 0 Å². The van der Waals surface area contributed by atoms with E-state index in [0.717, 1.165) is 5.08 Å². The van der Waals surface area contributed by atoms with Crippen LogP contribution in [0.4, 0.5) is 5.69 Å². The molecule has 0 saturated carbocycles. The quantitative estimate of drug-likeness (QED) is 0.600. The average molecular weight is 169 g/mol. The van der Waals surface area contributed by atoms with Gasteiger partial charge < -0.3 is 4.72 Å². The summed E-state index contributed by atoms with van der Waals surface area (Å²) in [6.45, 7) is 0. The van der Waals surface area contributed by atoms with Crippen LogP contribution in [0.15, 0.2) is 29.2 Å². The first-order chi connectivity index (χ1) is 4.97. The van der Waals surface area contributed by atoms with Crippen LogP contribution in [0.25, 0.3) is 0 Å². The number of hydrogen-bond acceptors (Lipinski definition) is 3. The molecule has 10 heavy (non-hydrogen) atoms. The Balaban J connectivity index is 2.41. The van der Waals surface area contributed by atoms with E-state index in [-0.39, 0.29) is 0 Å². The molecule has 1 aliphatic heterocycles. The maximum Gasteiger partial charge on any atom is 0.0638 e. The smallest absolute Gasteiger partial charge is 0.0638 e. The summed E-state index contributed by atoms with van der Waals surface area (Å²) in [5.74, 6) is 0. The maximum atomic E-state index is 3.26. The molecule has 1 aliphatic rings. The standard InChI is InChI=1S/C7H7NS2/c1-2-4-7-6(3-1)8-10-5-9-7/h1-4,8H,5H2. The van der Waals surface area contributed by atoms with Crippen LogP contribution in [-0.2, 0) is 0 Å². The minimum atomic E-state index is 1.11. The second-order valence-electron chi connectivity index (χ2n) is 2.00. The molecule has 52 valence electrons. The predicted molar refractivity (Wildman–Crippen MR) is 48.4 cm³/mol. The van der Waals surface area contributed by atoms with Crippen molar-refractivity contribution in [1.29, 1.82) is 0 Å². The highest BCUT2D eigenvalue weighted by atomic mass is 32.2. The van der Waals surface area contributed by atoms with Gasteiger partial charge in [0.25, 0.3) is 0 Å². The zero-order chi connectivity index (χ0) is 6.81. The molecule has 1 aromatic rings. The lowest BCUT2D eigenvalue weighted by atomic mass is 10.3. The molecule has 3 heteroatoms. The van der Waals surface area contributed by atoms with Gasteiger partial charge in [0.1, 0.15) is 0 Å². The summed E-state index contributed by atoms with van der Waals surface area (Å²) in [6, 6.07) is 8.38. The van der Waals surface area contributed by atoms with Crippen molar-refractivity contribution in [2.24, 2.45) is 0 Å². The molecule has 0 atom stereocenters. The van der Waals surface area contributed by atoms with E-state index in [1.807, 2.05) is 11.8 Å². The molecule has 0 amide bonds. The molecule has 0 unspecified atom stereocenters. The van der Waals surface area contributed by atoms with E-state index in [1.54, 1.807) is 11.9 Å². The van der Waals surface area contributed by atoms with Crippen molar-refractivity contribution in [3.8, 4) is 0 Å². The van der Waals surface area contributed by atoms with Crippen molar-refractivity contribution in [3.63, 3.8) is 0 Å². The highest BCUT2D eigenvalue weighted by Gasteiger charge is 2.06. The van der Waals surface area contributed by atoms with Crippen molar-refractivity contribution in [3.05, 3.63) is 24.3 Å². The molecule has 1 aromatic carbocycles. The Morgan fingerprint density at radius 3 is 3.10 bits per heavy atom. The van der Waals surface area contributed by atoms with Gasteiger partial charge in [-0.05, 0) is 24.1 Å².